The first-order valence-electron chi connectivity index (χ1n) is 7.71. The van der Waals surface area contributed by atoms with E-state index in [-0.39, 0.29) is 30.5 Å². The smallest absolute Gasteiger partial charge is 0.315 e. The lowest BCUT2D eigenvalue weighted by Crippen LogP contribution is -2.49. The van der Waals surface area contributed by atoms with E-state index in [2.05, 4.69) is 17.6 Å². The molecule has 0 heterocycles. The van der Waals surface area contributed by atoms with E-state index in [1.807, 2.05) is 13.8 Å². The van der Waals surface area contributed by atoms with Crippen molar-refractivity contribution in [3.63, 3.8) is 0 Å². The lowest BCUT2D eigenvalue weighted by atomic mass is 9.84. The van der Waals surface area contributed by atoms with Gasteiger partial charge in [-0.1, -0.05) is 40.0 Å². The minimum Gasteiger partial charge on any atom is -0.481 e. The fourth-order valence-corrected chi connectivity index (χ4v) is 2.83. The molecule has 0 radical (unpaired) electrons. The van der Waals surface area contributed by atoms with Gasteiger partial charge < -0.3 is 15.7 Å². The Balaban J connectivity index is 2.42. The Morgan fingerprint density at radius 3 is 2.55 bits per heavy atom. The number of carboxylic acid groups (broad SMARTS) is 1. The summed E-state index contributed by atoms with van der Waals surface area (Å²) in [5.74, 6) is -0.0757. The SMILES string of the molecule is CCC1CCCC(NC(=O)NC(CC(=O)O)C(C)C)C1. The Morgan fingerprint density at radius 2 is 2.00 bits per heavy atom. The van der Waals surface area contributed by atoms with E-state index >= 15 is 0 Å². The number of hydrogen-bond donors (Lipinski definition) is 3. The zero-order valence-electron chi connectivity index (χ0n) is 12.8. The number of carboxylic acids is 1. The van der Waals surface area contributed by atoms with Gasteiger partial charge in [-0.15, -0.1) is 0 Å². The van der Waals surface area contributed by atoms with Crippen LogP contribution in [0, 0.1) is 11.8 Å². The van der Waals surface area contributed by atoms with Crippen molar-refractivity contribution >= 4 is 12.0 Å². The Kier molecular flexibility index (Phi) is 6.82. The van der Waals surface area contributed by atoms with Crippen molar-refractivity contribution in [3.05, 3.63) is 0 Å². The molecule has 1 aliphatic carbocycles. The second-order valence-electron chi connectivity index (χ2n) is 6.20. The molecule has 3 N–H and O–H groups in total. The van der Waals surface area contributed by atoms with E-state index < -0.39 is 5.97 Å². The lowest BCUT2D eigenvalue weighted by molar-refractivity contribution is -0.137. The Hall–Kier alpha value is -1.26. The lowest BCUT2D eigenvalue weighted by Gasteiger charge is -2.30. The monoisotopic (exact) mass is 284 g/mol. The van der Waals surface area contributed by atoms with Gasteiger partial charge in [-0.25, -0.2) is 4.79 Å². The third kappa shape index (κ3) is 5.80. The van der Waals surface area contributed by atoms with Gasteiger partial charge in [-0.2, -0.15) is 0 Å². The molecule has 0 bridgehead atoms. The van der Waals surface area contributed by atoms with Gasteiger partial charge in [0.15, 0.2) is 0 Å². The molecule has 0 aromatic heterocycles. The van der Waals surface area contributed by atoms with Crippen LogP contribution in [-0.2, 0) is 4.79 Å². The van der Waals surface area contributed by atoms with E-state index in [0.717, 1.165) is 25.7 Å². The largest absolute Gasteiger partial charge is 0.481 e. The minimum absolute atomic E-state index is 0.0344. The zero-order chi connectivity index (χ0) is 15.1. The van der Waals surface area contributed by atoms with Crippen molar-refractivity contribution < 1.29 is 14.7 Å². The highest BCUT2D eigenvalue weighted by Crippen LogP contribution is 2.26. The summed E-state index contributed by atoms with van der Waals surface area (Å²) < 4.78 is 0. The molecule has 3 atom stereocenters. The molecule has 1 fully saturated rings. The number of carbonyl (C=O) groups excluding carboxylic acids is 1. The maximum atomic E-state index is 12.0. The topological polar surface area (TPSA) is 78.4 Å². The van der Waals surface area contributed by atoms with E-state index in [9.17, 15) is 9.59 Å². The summed E-state index contributed by atoms with van der Waals surface area (Å²) in [7, 11) is 0. The van der Waals surface area contributed by atoms with Crippen LogP contribution in [0.1, 0.15) is 59.3 Å². The Labute approximate surface area is 121 Å². The summed E-state index contributed by atoms with van der Waals surface area (Å²) in [6.07, 6.45) is 5.60. The summed E-state index contributed by atoms with van der Waals surface area (Å²) in [5, 5.41) is 14.7. The molecule has 0 spiro atoms. The Bertz CT molecular complexity index is 331. The summed E-state index contributed by atoms with van der Waals surface area (Å²) >= 11 is 0. The molecule has 0 aromatic carbocycles. The van der Waals surface area contributed by atoms with Gasteiger partial charge in [0.05, 0.1) is 6.42 Å². The molecule has 116 valence electrons. The molecule has 0 saturated heterocycles. The van der Waals surface area contributed by atoms with Crippen LogP contribution in [-0.4, -0.2) is 29.2 Å². The zero-order valence-corrected chi connectivity index (χ0v) is 12.8. The fraction of sp³-hybridized carbons (Fsp3) is 0.867. The predicted molar refractivity (Wildman–Crippen MR) is 78.6 cm³/mol. The van der Waals surface area contributed by atoms with Crippen molar-refractivity contribution in [1.82, 2.24) is 10.6 Å². The highest BCUT2D eigenvalue weighted by molar-refractivity contribution is 5.76. The van der Waals surface area contributed by atoms with Crippen LogP contribution in [0.15, 0.2) is 0 Å². The van der Waals surface area contributed by atoms with Crippen LogP contribution in [0.3, 0.4) is 0 Å². The molecule has 2 amide bonds. The Morgan fingerprint density at radius 1 is 1.30 bits per heavy atom. The molecule has 5 heteroatoms. The molecule has 1 aliphatic rings. The van der Waals surface area contributed by atoms with Gasteiger partial charge in [-0.05, 0) is 24.7 Å². The summed E-state index contributed by atoms with van der Waals surface area (Å²) in [6, 6.07) is -0.323. The first kappa shape index (κ1) is 16.8. The third-order valence-electron chi connectivity index (χ3n) is 4.21. The molecule has 1 saturated carbocycles. The number of hydrogen-bond acceptors (Lipinski definition) is 2. The van der Waals surface area contributed by atoms with Crippen LogP contribution < -0.4 is 10.6 Å². The van der Waals surface area contributed by atoms with E-state index in [1.165, 1.54) is 6.42 Å². The van der Waals surface area contributed by atoms with Crippen molar-refractivity contribution in [2.24, 2.45) is 11.8 Å². The van der Waals surface area contributed by atoms with Gasteiger partial charge >= 0.3 is 12.0 Å². The normalized spacial score (nSPS) is 24.2. The summed E-state index contributed by atoms with van der Waals surface area (Å²) in [5.41, 5.74) is 0. The van der Waals surface area contributed by atoms with Crippen LogP contribution in [0.25, 0.3) is 0 Å². The number of amides is 2. The molecule has 1 rings (SSSR count). The highest BCUT2D eigenvalue weighted by atomic mass is 16.4. The molecular weight excluding hydrogens is 256 g/mol. The molecular formula is C15H28N2O3. The van der Waals surface area contributed by atoms with Gasteiger partial charge in [0.1, 0.15) is 0 Å². The number of carbonyl (C=O) groups is 2. The summed E-state index contributed by atoms with van der Waals surface area (Å²) in [4.78, 5) is 22.8. The van der Waals surface area contributed by atoms with Gasteiger partial charge in [-0.3, -0.25) is 4.79 Å². The van der Waals surface area contributed by atoms with Crippen LogP contribution in [0.4, 0.5) is 4.79 Å². The van der Waals surface area contributed by atoms with Gasteiger partial charge in [0.25, 0.3) is 0 Å². The van der Waals surface area contributed by atoms with Crippen LogP contribution >= 0.6 is 0 Å². The molecule has 0 aromatic rings. The van der Waals surface area contributed by atoms with Gasteiger partial charge in [0.2, 0.25) is 0 Å². The van der Waals surface area contributed by atoms with Crippen molar-refractivity contribution in [1.29, 1.82) is 0 Å². The first-order valence-corrected chi connectivity index (χ1v) is 7.71. The van der Waals surface area contributed by atoms with Crippen molar-refractivity contribution in [2.45, 2.75) is 71.4 Å². The predicted octanol–water partition coefficient (Wildman–Crippen LogP) is 2.75. The maximum absolute atomic E-state index is 12.0. The second kappa shape index (κ2) is 8.12. The molecule has 20 heavy (non-hydrogen) atoms. The summed E-state index contributed by atoms with van der Waals surface area (Å²) in [6.45, 7) is 6.03. The molecule has 3 unspecified atom stereocenters. The standard InChI is InChI=1S/C15H28N2O3/c1-4-11-6-5-7-12(8-11)16-15(20)17-13(10(2)3)9-14(18)19/h10-13H,4-9H2,1-3H3,(H,18,19)(H2,16,17,20). The fourth-order valence-electron chi connectivity index (χ4n) is 2.83. The van der Waals surface area contributed by atoms with Crippen molar-refractivity contribution in [2.75, 3.05) is 0 Å². The average Bonchev–Trinajstić information content (AvgIpc) is 2.37. The number of rotatable bonds is 6. The van der Waals surface area contributed by atoms with E-state index in [4.69, 9.17) is 5.11 Å². The number of nitrogens with one attached hydrogen (secondary N) is 2. The van der Waals surface area contributed by atoms with Crippen LogP contribution in [0.5, 0.6) is 0 Å². The molecule has 0 aliphatic heterocycles. The average molecular weight is 284 g/mol. The number of urea groups is 1. The quantitative estimate of drug-likeness (QED) is 0.701. The van der Waals surface area contributed by atoms with E-state index in [1.54, 1.807) is 0 Å². The maximum Gasteiger partial charge on any atom is 0.315 e. The second-order valence-corrected chi connectivity index (χ2v) is 6.20. The van der Waals surface area contributed by atoms with E-state index in [0.29, 0.717) is 5.92 Å². The minimum atomic E-state index is -0.882. The number of aliphatic carboxylic acids is 1. The third-order valence-corrected chi connectivity index (χ3v) is 4.21. The van der Waals surface area contributed by atoms with Gasteiger partial charge in [0, 0.05) is 12.1 Å². The first-order chi connectivity index (χ1) is 9.42. The van der Waals surface area contributed by atoms with Crippen molar-refractivity contribution in [3.8, 4) is 0 Å². The highest BCUT2D eigenvalue weighted by Gasteiger charge is 2.24. The van der Waals surface area contributed by atoms with Crippen LogP contribution in [0.2, 0.25) is 0 Å². The molecule has 5 nitrogen and oxygen atoms in total.